The smallest absolute Gasteiger partial charge is 0.459 e. The van der Waals surface area contributed by atoms with Crippen LogP contribution in [0.25, 0.3) is 10.4 Å². The SMILES string of the molecule is COC(=O)[C@H](C)NP(=O)(OC[C@@H]1C=C[C@H](n2cc(C)c(=O)[nH]c2=O)O1)Oc1ccc(Br)cc1.Cc1cn([C@H]2C[C@H](N=[N+]=[N-])[C@@H](CO)O2)c(=O)[nH]c1=O.Nc1ccn([C@@H]2CS[C@H](CO)O2)c(=O)n1. The number of rotatable bonds is 14. The number of azide groups is 1. The van der Waals surface area contributed by atoms with Gasteiger partial charge in [-0.15, -0.1) is 11.8 Å². The molecule has 0 saturated carbocycles. The first-order chi connectivity index (χ1) is 31.9. The van der Waals surface area contributed by atoms with Gasteiger partial charge in [0.05, 0.1) is 39.1 Å². The van der Waals surface area contributed by atoms with E-state index in [1.807, 2.05) is 0 Å². The van der Waals surface area contributed by atoms with E-state index in [0.717, 1.165) is 4.47 Å². The molecule has 29 heteroatoms. The second-order valence-electron chi connectivity index (χ2n) is 14.5. The summed E-state index contributed by atoms with van der Waals surface area (Å²) in [6.07, 6.45) is 4.68. The molecule has 7 rings (SSSR count). The normalized spacial score (nSPS) is 23.1. The summed E-state index contributed by atoms with van der Waals surface area (Å²) in [6.45, 7) is 4.02. The Morgan fingerprint density at radius 2 is 1.67 bits per heavy atom. The summed E-state index contributed by atoms with van der Waals surface area (Å²) in [5.41, 5.74) is 11.7. The van der Waals surface area contributed by atoms with Crippen LogP contribution in [0.3, 0.4) is 0 Å². The predicted molar refractivity (Wildman–Crippen MR) is 243 cm³/mol. The Bertz CT molecular complexity index is 2800. The third-order valence-corrected chi connectivity index (χ3v) is 12.9. The van der Waals surface area contributed by atoms with Gasteiger partial charge in [0.25, 0.3) is 11.1 Å². The zero-order valence-corrected chi connectivity index (χ0v) is 39.4. The van der Waals surface area contributed by atoms with E-state index in [-0.39, 0.29) is 49.5 Å². The lowest BCUT2D eigenvalue weighted by Crippen LogP contribution is -2.35. The number of anilines is 1. The number of aryl methyl sites for hydroxylation is 2. The summed E-state index contributed by atoms with van der Waals surface area (Å²) in [6, 6.07) is 6.57. The minimum atomic E-state index is -4.04. The van der Waals surface area contributed by atoms with Gasteiger partial charge in [-0.2, -0.15) is 10.1 Å². The molecule has 0 radical (unpaired) electrons. The molecule has 2 saturated heterocycles. The number of methoxy groups -OCH3 is 1. The number of ether oxygens (including phenoxy) is 4. The van der Waals surface area contributed by atoms with E-state index in [1.165, 1.54) is 51.9 Å². The van der Waals surface area contributed by atoms with Crippen molar-refractivity contribution >= 4 is 47.2 Å². The van der Waals surface area contributed by atoms with E-state index in [4.69, 9.17) is 44.7 Å². The van der Waals surface area contributed by atoms with Crippen molar-refractivity contribution in [1.82, 2.24) is 33.7 Å². The van der Waals surface area contributed by atoms with Gasteiger partial charge in [-0.25, -0.2) is 18.9 Å². The van der Waals surface area contributed by atoms with Crippen molar-refractivity contribution in [3.8, 4) is 5.75 Å². The molecule has 0 bridgehead atoms. The number of thioether (sulfide) groups is 1. The van der Waals surface area contributed by atoms with Crippen LogP contribution in [-0.2, 0) is 32.8 Å². The number of hydrogen-bond donors (Lipinski definition) is 6. The monoisotopic (exact) mass is 1040 g/mol. The second-order valence-corrected chi connectivity index (χ2v) is 18.3. The number of carbonyl (C=O) groups excluding carboxylic acids is 1. The topological polar surface area (TPSA) is 361 Å². The third-order valence-electron chi connectivity index (χ3n) is 9.66. The molecule has 26 nitrogen and oxygen atoms in total. The molecule has 67 heavy (non-hydrogen) atoms. The van der Waals surface area contributed by atoms with Crippen LogP contribution in [0, 0.1) is 13.8 Å². The van der Waals surface area contributed by atoms with Crippen molar-refractivity contribution in [2.24, 2.45) is 5.11 Å². The molecule has 0 amide bonds. The zero-order chi connectivity index (χ0) is 49.0. The quantitative estimate of drug-likeness (QED) is 0.0261. The molecule has 4 aromatic rings. The molecule has 1 unspecified atom stereocenters. The van der Waals surface area contributed by atoms with E-state index < -0.39 is 78.7 Å². The van der Waals surface area contributed by atoms with Crippen molar-refractivity contribution in [2.75, 3.05) is 38.4 Å². The molecule has 362 valence electrons. The van der Waals surface area contributed by atoms with Crippen LogP contribution < -0.4 is 43.5 Å². The molecule has 3 aliphatic heterocycles. The maximum Gasteiger partial charge on any atom is 0.459 e. The predicted octanol–water partition coefficient (Wildman–Crippen LogP) is 1.63. The molecule has 7 N–H and O–H groups in total. The van der Waals surface area contributed by atoms with E-state index in [1.54, 1.807) is 62.5 Å². The highest BCUT2D eigenvalue weighted by Crippen LogP contribution is 2.45. The Balaban J connectivity index is 0.000000208. The van der Waals surface area contributed by atoms with Crippen molar-refractivity contribution < 1.29 is 47.6 Å². The lowest BCUT2D eigenvalue weighted by atomic mass is 10.1. The van der Waals surface area contributed by atoms with E-state index in [2.05, 4.69) is 50.7 Å². The zero-order valence-electron chi connectivity index (χ0n) is 36.1. The molecule has 0 spiro atoms. The van der Waals surface area contributed by atoms with Gasteiger partial charge in [0.1, 0.15) is 41.6 Å². The number of nitrogens with two attached hydrogens (primary N) is 1. The standard InChI is InChI=1S/C20H23BrN3O8P.C10H13N5O4.C8H11N3O3S/c1-12-10-24(20(27)22-18(12)25)17-9-8-16(31-17)11-30-33(28,23-13(2)19(26)29-3)32-15-6-4-14(21)5-7-15;1-5-3-15(10(18)12-9(5)17)8-2-6(13-14-11)7(4-16)19-8;9-5-1-2-11(8(13)10-5)6-4-15-7(3-12)14-6/h4-10,13,16-17H,11H2,1-3H3,(H,23,28)(H,22,25,27);3,6-8,16H,2,4H2,1H3,(H,12,17,18);1-2,6-7,12H,3-4H2,(H2,9,10,13)/t13-,16-,17+,33?;6-,7+,8+;6-,7+/m000/s1. The maximum atomic E-state index is 13.4. The number of aromatic amines is 2. The van der Waals surface area contributed by atoms with Gasteiger partial charge >= 0.3 is 30.8 Å². The van der Waals surface area contributed by atoms with Crippen molar-refractivity contribution in [2.45, 2.75) is 75.6 Å². The molecular weight excluding hydrogens is 993 g/mol. The molecule has 9 atom stereocenters. The van der Waals surface area contributed by atoms with Crippen LogP contribution in [0.2, 0.25) is 0 Å². The lowest BCUT2D eigenvalue weighted by molar-refractivity contribution is -0.142. The van der Waals surface area contributed by atoms with Gasteiger partial charge in [0, 0.05) is 51.3 Å². The average Bonchev–Trinajstić information content (AvgIpc) is 4.07. The molecule has 3 aromatic heterocycles. The Morgan fingerprint density at radius 1 is 1.01 bits per heavy atom. The Labute approximate surface area is 391 Å². The maximum absolute atomic E-state index is 13.4. The van der Waals surface area contributed by atoms with E-state index >= 15 is 0 Å². The average molecular weight is 1040 g/mol. The van der Waals surface area contributed by atoms with Gasteiger partial charge in [-0.1, -0.05) is 27.1 Å². The minimum Gasteiger partial charge on any atom is -0.468 e. The van der Waals surface area contributed by atoms with Crippen molar-refractivity contribution in [3.63, 3.8) is 0 Å². The summed E-state index contributed by atoms with van der Waals surface area (Å²) >= 11 is 4.77. The van der Waals surface area contributed by atoms with Gasteiger partial charge in [0.2, 0.25) is 0 Å². The minimum absolute atomic E-state index is 0.0572. The number of halogens is 1. The number of esters is 1. The molecule has 6 heterocycles. The summed E-state index contributed by atoms with van der Waals surface area (Å²) in [5, 5.41) is 24.1. The van der Waals surface area contributed by atoms with Gasteiger partial charge in [-0.3, -0.25) is 42.6 Å². The van der Waals surface area contributed by atoms with E-state index in [9.17, 15) is 33.3 Å². The van der Waals surface area contributed by atoms with Crippen LogP contribution in [-0.4, -0.2) is 107 Å². The highest BCUT2D eigenvalue weighted by molar-refractivity contribution is 9.10. The van der Waals surface area contributed by atoms with Crippen LogP contribution in [0.4, 0.5) is 5.82 Å². The third kappa shape index (κ3) is 14.2. The highest BCUT2D eigenvalue weighted by atomic mass is 79.9. The number of aliphatic hydroxyl groups excluding tert-OH is 2. The molecule has 1 aromatic carbocycles. The lowest BCUT2D eigenvalue weighted by Gasteiger charge is -2.24. The van der Waals surface area contributed by atoms with Crippen LogP contribution in [0.15, 0.2) is 94.6 Å². The summed E-state index contributed by atoms with van der Waals surface area (Å²) in [5.74, 6) is 0.419. The summed E-state index contributed by atoms with van der Waals surface area (Å²) in [4.78, 5) is 80.6. The number of carbonyl (C=O) groups is 1. The fraction of sp³-hybridized carbons (Fsp3) is 0.447. The molecular formula is C38H47BrN11O15PS. The Kier molecular flexibility index (Phi) is 18.7. The number of benzene rings is 1. The fourth-order valence-electron chi connectivity index (χ4n) is 6.25. The summed E-state index contributed by atoms with van der Waals surface area (Å²) < 4.78 is 50.4. The number of aliphatic hydroxyl groups is 2. The Hall–Kier alpha value is -5.64. The number of H-pyrrole nitrogens is 2. The largest absolute Gasteiger partial charge is 0.468 e. The number of aromatic nitrogens is 6. The number of nitrogens with one attached hydrogen (secondary N) is 3. The number of nitrogen functional groups attached to an aromatic ring is 1. The van der Waals surface area contributed by atoms with Gasteiger partial charge in [-0.05, 0) is 62.7 Å². The van der Waals surface area contributed by atoms with E-state index in [0.29, 0.717) is 16.9 Å². The van der Waals surface area contributed by atoms with Crippen LogP contribution in [0.5, 0.6) is 5.75 Å². The molecule has 3 aliphatic rings. The molecule has 0 aliphatic carbocycles. The first kappa shape index (κ1) is 52.3. The first-order valence-electron chi connectivity index (χ1n) is 19.9. The van der Waals surface area contributed by atoms with Gasteiger partial charge < -0.3 is 39.4 Å². The first-order valence-corrected chi connectivity index (χ1v) is 23.3. The van der Waals surface area contributed by atoms with Gasteiger partial charge in [0.15, 0.2) is 6.23 Å². The fourth-order valence-corrected chi connectivity index (χ4v) is 8.94. The highest BCUT2D eigenvalue weighted by Gasteiger charge is 2.36. The second kappa shape index (κ2) is 23.9. The van der Waals surface area contributed by atoms with Crippen LogP contribution in [0.1, 0.15) is 43.2 Å². The number of nitrogens with zero attached hydrogens (tertiary/aromatic N) is 7. The Morgan fingerprint density at radius 3 is 2.27 bits per heavy atom. The van der Waals surface area contributed by atoms with Crippen LogP contribution >= 0.6 is 35.4 Å². The number of hydrogen-bond acceptors (Lipinski definition) is 19. The molecule has 2 fully saturated rings. The summed E-state index contributed by atoms with van der Waals surface area (Å²) in [7, 11) is -2.84. The van der Waals surface area contributed by atoms with Crippen molar-refractivity contribution in [1.29, 1.82) is 0 Å². The van der Waals surface area contributed by atoms with Crippen molar-refractivity contribution in [3.05, 3.63) is 139 Å².